The number of hydrogen-bond acceptors (Lipinski definition) is 6. The number of hydrogen-bond donors (Lipinski definition) is 1. The van der Waals surface area contributed by atoms with E-state index >= 15 is 0 Å². The van der Waals surface area contributed by atoms with Gasteiger partial charge in [0, 0.05) is 12.3 Å². The van der Waals surface area contributed by atoms with E-state index in [4.69, 9.17) is 0 Å². The molecule has 8 heteroatoms. The molecule has 0 aliphatic heterocycles. The molecule has 0 saturated heterocycles. The zero-order chi connectivity index (χ0) is 14.4. The molecular weight excluding hydrogens is 252 g/mol. The number of nitrogens with one attached hydrogen (secondary N) is 1. The SMILES string of the molecule is CC(C)=C/C=N/Nc1ccc([N+](=O)[O-])cc1[N+](=O)[O-]. The summed E-state index contributed by atoms with van der Waals surface area (Å²) in [6.45, 7) is 3.75. The highest BCUT2D eigenvalue weighted by Crippen LogP contribution is 2.28. The summed E-state index contributed by atoms with van der Waals surface area (Å²) in [5, 5.41) is 25.1. The Bertz CT molecular complexity index is 562. The van der Waals surface area contributed by atoms with Crippen molar-refractivity contribution in [2.75, 3.05) is 5.43 Å². The zero-order valence-corrected chi connectivity index (χ0v) is 10.4. The number of non-ortho nitro benzene ring substituents is 1. The summed E-state index contributed by atoms with van der Waals surface area (Å²) in [4.78, 5) is 20.0. The molecule has 0 spiro atoms. The molecule has 0 fully saturated rings. The maximum Gasteiger partial charge on any atom is 0.301 e. The third-order valence-electron chi connectivity index (χ3n) is 2.06. The monoisotopic (exact) mass is 264 g/mol. The summed E-state index contributed by atoms with van der Waals surface area (Å²) in [6.07, 6.45) is 3.16. The third kappa shape index (κ3) is 4.19. The first-order valence-electron chi connectivity index (χ1n) is 5.27. The van der Waals surface area contributed by atoms with E-state index in [1.165, 1.54) is 18.3 Å². The third-order valence-corrected chi connectivity index (χ3v) is 2.06. The highest BCUT2D eigenvalue weighted by atomic mass is 16.6. The van der Waals surface area contributed by atoms with Crippen molar-refractivity contribution in [2.45, 2.75) is 13.8 Å². The topological polar surface area (TPSA) is 111 Å². The summed E-state index contributed by atoms with van der Waals surface area (Å²) in [5.74, 6) is 0. The lowest BCUT2D eigenvalue weighted by molar-refractivity contribution is -0.393. The molecule has 0 aliphatic carbocycles. The van der Waals surface area contributed by atoms with Crippen LogP contribution in [0.25, 0.3) is 0 Å². The van der Waals surface area contributed by atoms with Crippen LogP contribution in [0.2, 0.25) is 0 Å². The number of anilines is 1. The Morgan fingerprint density at radius 2 is 1.95 bits per heavy atom. The van der Waals surface area contributed by atoms with Crippen LogP contribution in [-0.2, 0) is 0 Å². The average molecular weight is 264 g/mol. The Morgan fingerprint density at radius 3 is 2.47 bits per heavy atom. The molecular formula is C11H12N4O4. The number of benzene rings is 1. The maximum absolute atomic E-state index is 10.8. The predicted octanol–water partition coefficient (Wildman–Crippen LogP) is 2.87. The van der Waals surface area contributed by atoms with Crippen LogP contribution < -0.4 is 5.43 Å². The molecule has 1 aromatic rings. The fraction of sp³-hybridized carbons (Fsp3) is 0.182. The van der Waals surface area contributed by atoms with Gasteiger partial charge in [0.05, 0.1) is 15.9 Å². The first-order chi connectivity index (χ1) is 8.91. The number of nitrogens with zero attached hydrogens (tertiary/aromatic N) is 3. The number of rotatable bonds is 5. The molecule has 0 heterocycles. The standard InChI is InChI=1S/C11H12N4O4/c1-8(2)5-6-12-13-10-4-3-9(14(16)17)7-11(10)15(18)19/h3-7,13H,1-2H3/b12-6+. The Labute approximate surface area is 108 Å². The molecule has 0 saturated carbocycles. The summed E-state index contributed by atoms with van der Waals surface area (Å²) in [5.41, 5.74) is 2.84. The summed E-state index contributed by atoms with van der Waals surface area (Å²) in [6, 6.07) is 3.31. The first kappa shape index (κ1) is 14.3. The van der Waals surface area contributed by atoms with E-state index in [0.717, 1.165) is 11.6 Å². The van der Waals surface area contributed by atoms with E-state index in [9.17, 15) is 20.2 Å². The molecule has 1 N–H and O–H groups in total. The van der Waals surface area contributed by atoms with Gasteiger partial charge in [-0.05, 0) is 26.0 Å². The van der Waals surface area contributed by atoms with Gasteiger partial charge >= 0.3 is 5.69 Å². The van der Waals surface area contributed by atoms with Gasteiger partial charge in [0.15, 0.2) is 0 Å². The highest BCUT2D eigenvalue weighted by molar-refractivity contribution is 5.74. The second-order valence-electron chi connectivity index (χ2n) is 3.85. The van der Waals surface area contributed by atoms with Crippen LogP contribution in [0, 0.1) is 20.2 Å². The Balaban J connectivity index is 3.01. The summed E-state index contributed by atoms with van der Waals surface area (Å²) < 4.78 is 0. The number of nitro benzene ring substituents is 2. The highest BCUT2D eigenvalue weighted by Gasteiger charge is 2.18. The van der Waals surface area contributed by atoms with E-state index in [0.29, 0.717) is 0 Å². The Kier molecular flexibility index (Phi) is 4.69. The molecule has 0 bridgehead atoms. The van der Waals surface area contributed by atoms with Crippen molar-refractivity contribution in [3.05, 3.63) is 50.1 Å². The van der Waals surface area contributed by atoms with Crippen LogP contribution in [0.15, 0.2) is 34.9 Å². The van der Waals surface area contributed by atoms with Gasteiger partial charge in [0.25, 0.3) is 5.69 Å². The van der Waals surface area contributed by atoms with E-state index in [-0.39, 0.29) is 11.4 Å². The van der Waals surface area contributed by atoms with Crippen molar-refractivity contribution in [1.82, 2.24) is 0 Å². The van der Waals surface area contributed by atoms with E-state index in [2.05, 4.69) is 10.5 Å². The van der Waals surface area contributed by atoms with E-state index in [1.807, 2.05) is 13.8 Å². The molecule has 0 aliphatic rings. The van der Waals surface area contributed by atoms with Crippen LogP contribution in [0.1, 0.15) is 13.8 Å². The average Bonchev–Trinajstić information content (AvgIpc) is 2.34. The molecule has 1 aromatic carbocycles. The maximum atomic E-state index is 10.8. The molecule has 19 heavy (non-hydrogen) atoms. The fourth-order valence-corrected chi connectivity index (χ4v) is 1.17. The van der Waals surface area contributed by atoms with Gasteiger partial charge in [0.2, 0.25) is 0 Å². The van der Waals surface area contributed by atoms with Crippen molar-refractivity contribution in [1.29, 1.82) is 0 Å². The van der Waals surface area contributed by atoms with Crippen LogP contribution in [0.3, 0.4) is 0 Å². The molecule has 100 valence electrons. The smallest absolute Gasteiger partial charge is 0.272 e. The van der Waals surface area contributed by atoms with Crippen molar-refractivity contribution in [2.24, 2.45) is 5.10 Å². The Morgan fingerprint density at radius 1 is 1.26 bits per heavy atom. The van der Waals surface area contributed by atoms with E-state index < -0.39 is 15.5 Å². The lowest BCUT2D eigenvalue weighted by atomic mass is 10.2. The largest absolute Gasteiger partial charge is 0.301 e. The second-order valence-corrected chi connectivity index (χ2v) is 3.85. The fourth-order valence-electron chi connectivity index (χ4n) is 1.17. The van der Waals surface area contributed by atoms with Gasteiger partial charge in [-0.15, -0.1) is 0 Å². The van der Waals surface area contributed by atoms with Gasteiger partial charge in [0.1, 0.15) is 5.69 Å². The van der Waals surface area contributed by atoms with E-state index in [1.54, 1.807) is 6.08 Å². The van der Waals surface area contributed by atoms with Crippen LogP contribution in [0.5, 0.6) is 0 Å². The van der Waals surface area contributed by atoms with Crippen molar-refractivity contribution in [3.63, 3.8) is 0 Å². The molecule has 0 atom stereocenters. The molecule has 0 aromatic heterocycles. The Hall–Kier alpha value is -2.77. The van der Waals surface area contributed by atoms with Crippen LogP contribution in [-0.4, -0.2) is 16.1 Å². The zero-order valence-electron chi connectivity index (χ0n) is 10.4. The van der Waals surface area contributed by atoms with Gasteiger partial charge in [-0.25, -0.2) is 0 Å². The summed E-state index contributed by atoms with van der Waals surface area (Å²) >= 11 is 0. The minimum absolute atomic E-state index is 0.0917. The van der Waals surface area contributed by atoms with Crippen molar-refractivity contribution >= 4 is 23.3 Å². The first-order valence-corrected chi connectivity index (χ1v) is 5.27. The molecule has 1 rings (SSSR count). The normalized spacial score (nSPS) is 10.2. The number of hydrazone groups is 1. The minimum Gasteiger partial charge on any atom is -0.272 e. The quantitative estimate of drug-likeness (QED) is 0.499. The van der Waals surface area contributed by atoms with Gasteiger partial charge in [-0.2, -0.15) is 5.10 Å². The lowest BCUT2D eigenvalue weighted by Gasteiger charge is -2.01. The molecule has 8 nitrogen and oxygen atoms in total. The predicted molar refractivity (Wildman–Crippen MR) is 71.3 cm³/mol. The van der Waals surface area contributed by atoms with Crippen LogP contribution in [0.4, 0.5) is 17.1 Å². The number of allylic oxidation sites excluding steroid dienone is 2. The number of nitro groups is 2. The molecule has 0 radical (unpaired) electrons. The van der Waals surface area contributed by atoms with Crippen molar-refractivity contribution in [3.8, 4) is 0 Å². The second kappa shape index (κ2) is 6.24. The van der Waals surface area contributed by atoms with Gasteiger partial charge in [-0.1, -0.05) is 5.57 Å². The van der Waals surface area contributed by atoms with Crippen LogP contribution >= 0.6 is 0 Å². The van der Waals surface area contributed by atoms with Crippen molar-refractivity contribution < 1.29 is 9.85 Å². The molecule has 0 unspecified atom stereocenters. The molecule has 0 amide bonds. The minimum atomic E-state index is -0.703. The lowest BCUT2D eigenvalue weighted by Crippen LogP contribution is -1.98. The van der Waals surface area contributed by atoms with Gasteiger partial charge in [-0.3, -0.25) is 25.7 Å². The van der Waals surface area contributed by atoms with Gasteiger partial charge < -0.3 is 0 Å². The summed E-state index contributed by atoms with van der Waals surface area (Å²) in [7, 11) is 0.